The Bertz CT molecular complexity index is 744. The number of ketones is 1. The van der Waals surface area contributed by atoms with Crippen molar-refractivity contribution in [1.29, 1.82) is 0 Å². The summed E-state index contributed by atoms with van der Waals surface area (Å²) in [5, 5.41) is 2.56. The molecule has 1 N–H and O–H groups in total. The zero-order valence-electron chi connectivity index (χ0n) is 13.0. The van der Waals surface area contributed by atoms with Gasteiger partial charge in [-0.1, -0.05) is 6.07 Å². The van der Waals surface area contributed by atoms with E-state index in [4.69, 9.17) is 0 Å². The lowest BCUT2D eigenvalue weighted by Gasteiger charge is -2.15. The van der Waals surface area contributed by atoms with Crippen LogP contribution in [0.5, 0.6) is 0 Å². The van der Waals surface area contributed by atoms with Crippen molar-refractivity contribution < 1.29 is 22.8 Å². The summed E-state index contributed by atoms with van der Waals surface area (Å²) < 4.78 is 39.3. The van der Waals surface area contributed by atoms with Crippen LogP contribution in [0, 0.1) is 17.5 Å². The van der Waals surface area contributed by atoms with Gasteiger partial charge in [-0.15, -0.1) is 0 Å². The third-order valence-corrected chi connectivity index (χ3v) is 3.55. The molecule has 0 radical (unpaired) electrons. The van der Waals surface area contributed by atoms with Crippen molar-refractivity contribution in [2.45, 2.75) is 25.8 Å². The summed E-state index contributed by atoms with van der Waals surface area (Å²) in [6.45, 7) is 1.57. The first-order valence-electron chi connectivity index (χ1n) is 7.40. The Balaban J connectivity index is 1.88. The average molecular weight is 335 g/mol. The van der Waals surface area contributed by atoms with E-state index in [1.807, 2.05) is 0 Å². The number of rotatable bonds is 6. The molecule has 0 saturated carbocycles. The highest BCUT2D eigenvalue weighted by molar-refractivity contribution is 5.97. The average Bonchev–Trinajstić information content (AvgIpc) is 2.53. The molecule has 0 aliphatic carbocycles. The summed E-state index contributed by atoms with van der Waals surface area (Å²) in [5.74, 6) is -2.60. The Morgan fingerprint density at radius 2 is 1.58 bits per heavy atom. The first-order chi connectivity index (χ1) is 11.4. The fourth-order valence-electron chi connectivity index (χ4n) is 2.25. The molecular formula is C18H16F3NO2. The summed E-state index contributed by atoms with van der Waals surface area (Å²) in [6, 6.07) is 7.52. The standard InChI is InChI=1S/C18H16F3NO2/c1-11(15-7-6-14(20)10-16(15)21)22-18(24)9-8-17(23)12-2-4-13(19)5-3-12/h2-7,10-11H,8-9H2,1H3,(H,22,24). The lowest BCUT2D eigenvalue weighted by molar-refractivity contribution is -0.121. The van der Waals surface area contributed by atoms with Gasteiger partial charge in [0.15, 0.2) is 5.78 Å². The van der Waals surface area contributed by atoms with Crippen LogP contribution < -0.4 is 5.32 Å². The molecule has 1 amide bonds. The Labute approximate surface area is 137 Å². The molecule has 0 saturated heterocycles. The number of carbonyl (C=O) groups is 2. The van der Waals surface area contributed by atoms with E-state index in [1.165, 1.54) is 30.3 Å². The number of nitrogens with one attached hydrogen (secondary N) is 1. The molecule has 126 valence electrons. The van der Waals surface area contributed by atoms with Crippen LogP contribution >= 0.6 is 0 Å². The van der Waals surface area contributed by atoms with E-state index in [9.17, 15) is 22.8 Å². The van der Waals surface area contributed by atoms with Crippen LogP contribution in [0.15, 0.2) is 42.5 Å². The molecule has 0 heterocycles. The molecule has 0 fully saturated rings. The summed E-state index contributed by atoms with van der Waals surface area (Å²) >= 11 is 0. The van der Waals surface area contributed by atoms with Crippen molar-refractivity contribution in [3.05, 3.63) is 71.0 Å². The molecule has 2 aromatic carbocycles. The number of hydrogen-bond donors (Lipinski definition) is 1. The van der Waals surface area contributed by atoms with Crippen LogP contribution in [0.2, 0.25) is 0 Å². The highest BCUT2D eigenvalue weighted by Crippen LogP contribution is 2.18. The fraction of sp³-hybridized carbons (Fsp3) is 0.222. The molecule has 1 unspecified atom stereocenters. The largest absolute Gasteiger partial charge is 0.349 e. The van der Waals surface area contributed by atoms with Gasteiger partial charge in [-0.05, 0) is 37.3 Å². The topological polar surface area (TPSA) is 46.2 Å². The van der Waals surface area contributed by atoms with Crippen LogP contribution in [-0.4, -0.2) is 11.7 Å². The smallest absolute Gasteiger partial charge is 0.220 e. The van der Waals surface area contributed by atoms with Crippen molar-refractivity contribution in [2.75, 3.05) is 0 Å². The van der Waals surface area contributed by atoms with E-state index in [0.717, 1.165) is 12.1 Å². The summed E-state index contributed by atoms with van der Waals surface area (Å²) in [4.78, 5) is 23.8. The first-order valence-corrected chi connectivity index (χ1v) is 7.40. The highest BCUT2D eigenvalue weighted by atomic mass is 19.1. The number of halogens is 3. The van der Waals surface area contributed by atoms with Gasteiger partial charge >= 0.3 is 0 Å². The zero-order valence-corrected chi connectivity index (χ0v) is 13.0. The first kappa shape index (κ1) is 17.7. The second kappa shape index (κ2) is 7.77. The van der Waals surface area contributed by atoms with E-state index >= 15 is 0 Å². The van der Waals surface area contributed by atoms with Crippen LogP contribution in [0.1, 0.15) is 41.7 Å². The zero-order chi connectivity index (χ0) is 17.7. The Kier molecular flexibility index (Phi) is 5.73. The van der Waals surface area contributed by atoms with Gasteiger partial charge in [-0.25, -0.2) is 13.2 Å². The summed E-state index contributed by atoms with van der Waals surface area (Å²) in [7, 11) is 0. The molecule has 0 aromatic heterocycles. The minimum atomic E-state index is -0.745. The molecule has 0 bridgehead atoms. The summed E-state index contributed by atoms with van der Waals surface area (Å²) in [5.41, 5.74) is 0.483. The third kappa shape index (κ3) is 4.68. The fourth-order valence-corrected chi connectivity index (χ4v) is 2.25. The summed E-state index contributed by atoms with van der Waals surface area (Å²) in [6.07, 6.45) is -0.126. The van der Waals surface area contributed by atoms with Gasteiger partial charge in [0.2, 0.25) is 5.91 Å². The van der Waals surface area contributed by atoms with Gasteiger partial charge in [0.25, 0.3) is 0 Å². The molecule has 0 aliphatic rings. The molecule has 0 aliphatic heterocycles. The minimum Gasteiger partial charge on any atom is -0.349 e. The number of carbonyl (C=O) groups excluding carboxylic acids is 2. The Hall–Kier alpha value is -2.63. The minimum absolute atomic E-state index is 0.0455. The number of amides is 1. The maximum absolute atomic E-state index is 13.6. The van der Waals surface area contributed by atoms with Gasteiger partial charge in [0.1, 0.15) is 17.5 Å². The SMILES string of the molecule is CC(NC(=O)CCC(=O)c1ccc(F)cc1)c1ccc(F)cc1F. The number of hydrogen-bond acceptors (Lipinski definition) is 2. The van der Waals surface area contributed by atoms with Gasteiger partial charge in [-0.2, -0.15) is 0 Å². The predicted octanol–water partition coefficient (Wildman–Crippen LogP) is 3.94. The van der Waals surface area contributed by atoms with Gasteiger partial charge in [-0.3, -0.25) is 9.59 Å². The van der Waals surface area contributed by atoms with Crippen molar-refractivity contribution in [1.82, 2.24) is 5.32 Å². The molecule has 1 atom stereocenters. The lowest BCUT2D eigenvalue weighted by Crippen LogP contribution is -2.27. The maximum atomic E-state index is 13.6. The molecule has 2 aromatic rings. The molecule has 24 heavy (non-hydrogen) atoms. The van der Waals surface area contributed by atoms with Crippen molar-refractivity contribution >= 4 is 11.7 Å². The van der Waals surface area contributed by atoms with E-state index < -0.39 is 29.4 Å². The lowest BCUT2D eigenvalue weighted by atomic mass is 10.1. The van der Waals surface area contributed by atoms with Crippen LogP contribution in [0.4, 0.5) is 13.2 Å². The monoisotopic (exact) mass is 335 g/mol. The molecule has 3 nitrogen and oxygen atoms in total. The molecule has 0 spiro atoms. The van der Waals surface area contributed by atoms with E-state index in [1.54, 1.807) is 6.92 Å². The predicted molar refractivity (Wildman–Crippen MR) is 82.9 cm³/mol. The Morgan fingerprint density at radius 3 is 2.21 bits per heavy atom. The van der Waals surface area contributed by atoms with Gasteiger partial charge < -0.3 is 5.32 Å². The second-order valence-corrected chi connectivity index (χ2v) is 5.39. The van der Waals surface area contributed by atoms with Gasteiger partial charge in [0, 0.05) is 30.0 Å². The third-order valence-electron chi connectivity index (χ3n) is 3.55. The molecule has 6 heteroatoms. The van der Waals surface area contributed by atoms with Crippen molar-refractivity contribution in [3.8, 4) is 0 Å². The second-order valence-electron chi connectivity index (χ2n) is 5.39. The van der Waals surface area contributed by atoms with E-state index in [-0.39, 0.29) is 24.2 Å². The van der Waals surface area contributed by atoms with Crippen LogP contribution in [0.3, 0.4) is 0 Å². The normalized spacial score (nSPS) is 11.8. The van der Waals surface area contributed by atoms with Crippen molar-refractivity contribution in [2.24, 2.45) is 0 Å². The van der Waals surface area contributed by atoms with Crippen LogP contribution in [-0.2, 0) is 4.79 Å². The molecular weight excluding hydrogens is 319 g/mol. The quantitative estimate of drug-likeness (QED) is 0.813. The van der Waals surface area contributed by atoms with Gasteiger partial charge in [0.05, 0.1) is 6.04 Å². The number of benzene rings is 2. The van der Waals surface area contributed by atoms with E-state index in [0.29, 0.717) is 5.56 Å². The number of Topliss-reactive ketones (excluding diaryl/α,β-unsaturated/α-hetero) is 1. The van der Waals surface area contributed by atoms with E-state index in [2.05, 4.69) is 5.32 Å². The Morgan fingerprint density at radius 1 is 0.958 bits per heavy atom. The maximum Gasteiger partial charge on any atom is 0.220 e. The molecule has 2 rings (SSSR count). The van der Waals surface area contributed by atoms with Crippen LogP contribution in [0.25, 0.3) is 0 Å². The highest BCUT2D eigenvalue weighted by Gasteiger charge is 2.15. The van der Waals surface area contributed by atoms with Crippen molar-refractivity contribution in [3.63, 3.8) is 0 Å².